The molecule has 0 aliphatic rings. The van der Waals surface area contributed by atoms with Gasteiger partial charge in [-0.15, -0.1) is 0 Å². The summed E-state index contributed by atoms with van der Waals surface area (Å²) < 4.78 is 10.3. The highest BCUT2D eigenvalue weighted by atomic mass is 16.6. The van der Waals surface area contributed by atoms with Crippen LogP contribution in [0.5, 0.6) is 0 Å². The Balaban J connectivity index is 4.43. The van der Waals surface area contributed by atoms with Crippen LogP contribution in [-0.4, -0.2) is 25.2 Å². The first-order valence-electron chi connectivity index (χ1n) is 7.85. The zero-order valence-electron chi connectivity index (χ0n) is 15.2. The van der Waals surface area contributed by atoms with Crippen LogP contribution in [0.4, 0.5) is 0 Å². The van der Waals surface area contributed by atoms with Crippen LogP contribution in [0.2, 0.25) is 0 Å². The highest BCUT2D eigenvalue weighted by Crippen LogP contribution is 2.40. The Morgan fingerprint density at radius 1 is 1.05 bits per heavy atom. The molecule has 0 radical (unpaired) electrons. The summed E-state index contributed by atoms with van der Waals surface area (Å²) in [5.41, 5.74) is 0.242. The van der Waals surface area contributed by atoms with Gasteiger partial charge in [0.05, 0.1) is 11.8 Å². The first-order valence-corrected chi connectivity index (χ1v) is 7.85. The molecular weight excluding hydrogens is 280 g/mol. The van der Waals surface area contributed by atoms with Gasteiger partial charge in [0.1, 0.15) is 13.2 Å². The van der Waals surface area contributed by atoms with E-state index in [0.717, 1.165) is 12.0 Å². The largest absolute Gasteiger partial charge is 0.462 e. The van der Waals surface area contributed by atoms with Crippen molar-refractivity contribution in [1.29, 1.82) is 0 Å². The lowest BCUT2D eigenvalue weighted by molar-refractivity contribution is -0.163. The molecule has 4 heteroatoms. The van der Waals surface area contributed by atoms with Gasteiger partial charge < -0.3 is 9.47 Å². The molecular formula is C18H32O4. The van der Waals surface area contributed by atoms with Gasteiger partial charge in [-0.3, -0.25) is 9.59 Å². The van der Waals surface area contributed by atoms with E-state index in [9.17, 15) is 9.59 Å². The molecule has 0 spiro atoms. The maximum atomic E-state index is 12.4. The van der Waals surface area contributed by atoms with Crippen LogP contribution in [0.3, 0.4) is 0 Å². The van der Waals surface area contributed by atoms with E-state index >= 15 is 0 Å². The second-order valence-corrected chi connectivity index (χ2v) is 7.80. The number of esters is 2. The molecule has 22 heavy (non-hydrogen) atoms. The number of carbonyl (C=O) groups excluding carboxylic acids is 2. The fourth-order valence-corrected chi connectivity index (χ4v) is 2.37. The van der Waals surface area contributed by atoms with Gasteiger partial charge in [-0.2, -0.15) is 0 Å². The lowest BCUT2D eigenvalue weighted by Crippen LogP contribution is -2.39. The summed E-state index contributed by atoms with van der Waals surface area (Å²) in [6.07, 6.45) is 0.938. The third-order valence-corrected chi connectivity index (χ3v) is 3.66. The van der Waals surface area contributed by atoms with Gasteiger partial charge in [0, 0.05) is 0 Å². The molecule has 0 aliphatic heterocycles. The van der Waals surface area contributed by atoms with Crippen molar-refractivity contribution >= 4 is 11.9 Å². The highest BCUT2D eigenvalue weighted by Gasteiger charge is 2.41. The highest BCUT2D eigenvalue weighted by molar-refractivity contribution is 5.77. The quantitative estimate of drug-likeness (QED) is 0.384. The van der Waals surface area contributed by atoms with Crippen molar-refractivity contribution in [1.82, 2.24) is 0 Å². The minimum absolute atomic E-state index is 0.0337. The van der Waals surface area contributed by atoms with Gasteiger partial charge in [-0.05, 0) is 31.6 Å². The van der Waals surface area contributed by atoms with E-state index in [4.69, 9.17) is 9.47 Å². The molecule has 0 aromatic carbocycles. The summed E-state index contributed by atoms with van der Waals surface area (Å²) in [5, 5.41) is 0. The van der Waals surface area contributed by atoms with Gasteiger partial charge >= 0.3 is 11.9 Å². The smallest absolute Gasteiger partial charge is 0.312 e. The molecule has 0 fully saturated rings. The third kappa shape index (κ3) is 7.62. The molecule has 0 heterocycles. The molecule has 4 nitrogen and oxygen atoms in total. The Morgan fingerprint density at radius 3 is 1.95 bits per heavy atom. The average Bonchev–Trinajstić information content (AvgIpc) is 2.30. The van der Waals surface area contributed by atoms with E-state index in [1.54, 1.807) is 6.92 Å². The number of hydrogen-bond donors (Lipinski definition) is 0. The Kier molecular flexibility index (Phi) is 7.85. The predicted molar refractivity (Wildman–Crippen MR) is 88.4 cm³/mol. The lowest BCUT2D eigenvalue weighted by atomic mass is 9.69. The normalized spacial score (nSPS) is 14.4. The first kappa shape index (κ1) is 20.7. The fourth-order valence-electron chi connectivity index (χ4n) is 2.37. The molecule has 0 bridgehead atoms. The van der Waals surface area contributed by atoms with Crippen LogP contribution in [0.1, 0.15) is 61.3 Å². The van der Waals surface area contributed by atoms with Gasteiger partial charge in [0.15, 0.2) is 0 Å². The fraction of sp³-hybridized carbons (Fsp3) is 0.778. The van der Waals surface area contributed by atoms with Gasteiger partial charge in [-0.25, -0.2) is 0 Å². The first-order chi connectivity index (χ1) is 9.88. The number of rotatable bonds is 8. The van der Waals surface area contributed by atoms with Crippen molar-refractivity contribution in [2.24, 2.45) is 16.7 Å². The van der Waals surface area contributed by atoms with Crippen LogP contribution in [0.15, 0.2) is 12.2 Å². The van der Waals surface area contributed by atoms with Crippen molar-refractivity contribution in [3.8, 4) is 0 Å². The molecule has 0 amide bonds. The summed E-state index contributed by atoms with van der Waals surface area (Å²) in [6.45, 7) is 17.9. The number of ether oxygens (including phenoxy) is 2. The lowest BCUT2D eigenvalue weighted by Gasteiger charge is -2.36. The Bertz CT molecular complexity index is 404. The van der Waals surface area contributed by atoms with Gasteiger partial charge in [-0.1, -0.05) is 46.8 Å². The molecule has 1 unspecified atom stereocenters. The minimum atomic E-state index is -0.542. The van der Waals surface area contributed by atoms with Crippen LogP contribution >= 0.6 is 0 Å². The van der Waals surface area contributed by atoms with E-state index in [1.807, 2.05) is 20.8 Å². The Labute approximate surface area is 135 Å². The molecule has 0 rings (SSSR count). The van der Waals surface area contributed by atoms with Crippen molar-refractivity contribution in [3.63, 3.8) is 0 Å². The predicted octanol–water partition coefficient (Wildman–Crippen LogP) is 4.14. The van der Waals surface area contributed by atoms with Crippen LogP contribution in [0, 0.1) is 16.7 Å². The standard InChI is InChI=1S/C18H32O4/c1-13(2)11-15(19)21-9-10-22-16(20)18(8,14(3)4)12-17(5,6)7/h14H,1,9-12H2,2-8H3. The Hall–Kier alpha value is -1.32. The average molecular weight is 312 g/mol. The van der Waals surface area contributed by atoms with Crippen molar-refractivity contribution < 1.29 is 19.1 Å². The topological polar surface area (TPSA) is 52.6 Å². The van der Waals surface area contributed by atoms with E-state index in [2.05, 4.69) is 27.4 Å². The van der Waals surface area contributed by atoms with Crippen LogP contribution < -0.4 is 0 Å². The molecule has 0 aromatic heterocycles. The zero-order valence-corrected chi connectivity index (χ0v) is 15.2. The molecule has 1 atom stereocenters. The second-order valence-electron chi connectivity index (χ2n) is 7.80. The van der Waals surface area contributed by atoms with Crippen LogP contribution in [0.25, 0.3) is 0 Å². The van der Waals surface area contributed by atoms with Crippen molar-refractivity contribution in [3.05, 3.63) is 12.2 Å². The summed E-state index contributed by atoms with van der Waals surface area (Å²) >= 11 is 0. The van der Waals surface area contributed by atoms with Crippen molar-refractivity contribution in [2.45, 2.75) is 61.3 Å². The molecule has 0 aliphatic carbocycles. The van der Waals surface area contributed by atoms with Gasteiger partial charge in [0.25, 0.3) is 0 Å². The van der Waals surface area contributed by atoms with Gasteiger partial charge in [0.2, 0.25) is 0 Å². The maximum absolute atomic E-state index is 12.4. The van der Waals surface area contributed by atoms with E-state index < -0.39 is 5.41 Å². The van der Waals surface area contributed by atoms with E-state index in [1.165, 1.54) is 0 Å². The van der Waals surface area contributed by atoms with Crippen LogP contribution in [-0.2, 0) is 19.1 Å². The van der Waals surface area contributed by atoms with Crippen molar-refractivity contribution in [2.75, 3.05) is 13.2 Å². The number of carbonyl (C=O) groups is 2. The van der Waals surface area contributed by atoms with E-state index in [-0.39, 0.29) is 42.9 Å². The summed E-state index contributed by atoms with van der Waals surface area (Å²) in [7, 11) is 0. The number of hydrogen-bond acceptors (Lipinski definition) is 4. The minimum Gasteiger partial charge on any atom is -0.462 e. The summed E-state index contributed by atoms with van der Waals surface area (Å²) in [4.78, 5) is 23.8. The molecule has 0 saturated heterocycles. The molecule has 0 saturated carbocycles. The molecule has 0 aromatic rings. The molecule has 128 valence electrons. The summed E-state index contributed by atoms with van der Waals surface area (Å²) in [5.74, 6) is -0.400. The maximum Gasteiger partial charge on any atom is 0.312 e. The Morgan fingerprint density at radius 2 is 1.55 bits per heavy atom. The third-order valence-electron chi connectivity index (χ3n) is 3.66. The van der Waals surface area contributed by atoms with E-state index in [0.29, 0.717) is 0 Å². The monoisotopic (exact) mass is 312 g/mol. The molecule has 0 N–H and O–H groups in total. The SMILES string of the molecule is C=C(C)CC(=O)OCCOC(=O)C(C)(CC(C)(C)C)C(C)C. The second kappa shape index (κ2) is 8.35. The summed E-state index contributed by atoms with van der Waals surface area (Å²) in [6, 6.07) is 0. The zero-order chi connectivity index (χ0) is 17.6.